The van der Waals surface area contributed by atoms with E-state index in [-0.39, 0.29) is 10.2 Å². The van der Waals surface area contributed by atoms with Crippen molar-refractivity contribution in [1.82, 2.24) is 4.90 Å². The number of rotatable bonds is 6. The summed E-state index contributed by atoms with van der Waals surface area (Å²) in [4.78, 5) is 24.6. The average Bonchev–Trinajstić information content (AvgIpc) is 3.30. The maximum atomic E-state index is 12.3. The van der Waals surface area contributed by atoms with Crippen LogP contribution in [0.25, 0.3) is 6.08 Å². The molecule has 23 heavy (non-hydrogen) atoms. The molecule has 0 spiro atoms. The number of thioether (sulfide) groups is 1. The molecule has 1 aromatic carbocycles. The number of ether oxygens (including phenoxy) is 1. The SMILES string of the molecule is O=C(O)CN1C(=O)/C(=C\c2ccccc2OCC2CC2)SC1=S. The molecule has 1 aliphatic carbocycles. The zero-order chi connectivity index (χ0) is 16.4. The third-order valence-corrected chi connectivity index (χ3v) is 4.92. The molecule has 1 N–H and O–H groups in total. The molecule has 1 aliphatic heterocycles. The minimum absolute atomic E-state index is 0.264. The van der Waals surface area contributed by atoms with Crippen LogP contribution in [0, 0.1) is 5.92 Å². The zero-order valence-corrected chi connectivity index (χ0v) is 13.9. The number of nitrogens with zero attached hydrogens (tertiary/aromatic N) is 1. The van der Waals surface area contributed by atoms with Gasteiger partial charge in [-0.25, -0.2) is 0 Å². The molecule has 1 amide bonds. The average molecular weight is 349 g/mol. The zero-order valence-electron chi connectivity index (χ0n) is 12.2. The number of para-hydroxylation sites is 1. The second-order valence-corrected chi connectivity index (χ2v) is 7.13. The normalized spacial score (nSPS) is 19.5. The van der Waals surface area contributed by atoms with E-state index in [0.717, 1.165) is 28.0 Å². The minimum atomic E-state index is -1.09. The molecular formula is C16H15NO4S2. The van der Waals surface area contributed by atoms with Crippen molar-refractivity contribution in [2.45, 2.75) is 12.8 Å². The lowest BCUT2D eigenvalue weighted by atomic mass is 10.2. The Morgan fingerprint density at radius 3 is 2.87 bits per heavy atom. The van der Waals surface area contributed by atoms with E-state index in [9.17, 15) is 9.59 Å². The Hall–Kier alpha value is -1.86. The molecule has 0 aromatic heterocycles. The topological polar surface area (TPSA) is 66.8 Å². The van der Waals surface area contributed by atoms with Gasteiger partial charge in [0.15, 0.2) is 0 Å². The molecule has 1 heterocycles. The van der Waals surface area contributed by atoms with E-state index in [0.29, 0.717) is 17.4 Å². The Kier molecular flexibility index (Phi) is 4.68. The first-order valence-electron chi connectivity index (χ1n) is 7.23. The van der Waals surface area contributed by atoms with Crippen LogP contribution in [0.5, 0.6) is 5.75 Å². The smallest absolute Gasteiger partial charge is 0.323 e. The Balaban J connectivity index is 1.79. The van der Waals surface area contributed by atoms with Crippen molar-refractivity contribution in [2.24, 2.45) is 5.92 Å². The summed E-state index contributed by atoms with van der Waals surface area (Å²) in [5.41, 5.74) is 0.795. The Labute approximate surface area is 143 Å². The highest BCUT2D eigenvalue weighted by Gasteiger charge is 2.33. The number of carbonyl (C=O) groups excluding carboxylic acids is 1. The van der Waals surface area contributed by atoms with Crippen molar-refractivity contribution in [3.63, 3.8) is 0 Å². The fourth-order valence-electron chi connectivity index (χ4n) is 2.14. The fraction of sp³-hybridized carbons (Fsp3) is 0.312. The van der Waals surface area contributed by atoms with Crippen molar-refractivity contribution in [3.8, 4) is 5.75 Å². The summed E-state index contributed by atoms with van der Waals surface area (Å²) in [6.45, 7) is 0.270. The molecule has 1 saturated heterocycles. The third-order valence-electron chi connectivity index (χ3n) is 3.54. The summed E-state index contributed by atoms with van der Waals surface area (Å²) >= 11 is 6.20. The van der Waals surface area contributed by atoms with Crippen LogP contribution in [0.4, 0.5) is 0 Å². The molecular weight excluding hydrogens is 334 g/mol. The number of carbonyl (C=O) groups is 2. The molecule has 120 valence electrons. The van der Waals surface area contributed by atoms with Crippen LogP contribution in [0.2, 0.25) is 0 Å². The van der Waals surface area contributed by atoms with Crippen molar-refractivity contribution in [1.29, 1.82) is 0 Å². The highest BCUT2D eigenvalue weighted by atomic mass is 32.2. The van der Waals surface area contributed by atoms with Gasteiger partial charge in [0.2, 0.25) is 0 Å². The predicted octanol–water partition coefficient (Wildman–Crippen LogP) is 2.76. The number of carboxylic acid groups (broad SMARTS) is 1. The summed E-state index contributed by atoms with van der Waals surface area (Å²) in [7, 11) is 0. The van der Waals surface area contributed by atoms with Gasteiger partial charge < -0.3 is 9.84 Å². The first-order chi connectivity index (χ1) is 11.0. The van der Waals surface area contributed by atoms with Crippen molar-refractivity contribution in [3.05, 3.63) is 34.7 Å². The van der Waals surface area contributed by atoms with Crippen LogP contribution in [0.1, 0.15) is 18.4 Å². The summed E-state index contributed by atoms with van der Waals surface area (Å²) in [5.74, 6) is -0.102. The number of hydrogen-bond donors (Lipinski definition) is 1. The molecule has 2 fully saturated rings. The number of carboxylic acids is 1. The van der Waals surface area contributed by atoms with Crippen LogP contribution < -0.4 is 4.74 Å². The van der Waals surface area contributed by atoms with Crippen LogP contribution in [-0.2, 0) is 9.59 Å². The van der Waals surface area contributed by atoms with Gasteiger partial charge in [-0.2, -0.15) is 0 Å². The Morgan fingerprint density at radius 2 is 2.17 bits per heavy atom. The van der Waals surface area contributed by atoms with Crippen LogP contribution >= 0.6 is 24.0 Å². The van der Waals surface area contributed by atoms with Crippen LogP contribution in [0.15, 0.2) is 29.2 Å². The van der Waals surface area contributed by atoms with Gasteiger partial charge in [-0.15, -0.1) is 0 Å². The molecule has 5 nitrogen and oxygen atoms in total. The predicted molar refractivity (Wildman–Crippen MR) is 92.2 cm³/mol. The minimum Gasteiger partial charge on any atom is -0.493 e. The highest BCUT2D eigenvalue weighted by Crippen LogP contribution is 2.35. The molecule has 2 aliphatic rings. The van der Waals surface area contributed by atoms with Gasteiger partial charge in [-0.1, -0.05) is 42.2 Å². The van der Waals surface area contributed by atoms with Gasteiger partial charge in [0.25, 0.3) is 5.91 Å². The fourth-order valence-corrected chi connectivity index (χ4v) is 3.38. The van der Waals surface area contributed by atoms with Gasteiger partial charge >= 0.3 is 5.97 Å². The molecule has 0 unspecified atom stereocenters. The van der Waals surface area contributed by atoms with Gasteiger partial charge in [0.1, 0.15) is 16.6 Å². The molecule has 0 radical (unpaired) electrons. The number of amides is 1. The van der Waals surface area contributed by atoms with Gasteiger partial charge in [0, 0.05) is 5.56 Å². The molecule has 1 aromatic rings. The maximum absolute atomic E-state index is 12.3. The summed E-state index contributed by atoms with van der Waals surface area (Å²) in [5, 5.41) is 8.86. The Morgan fingerprint density at radius 1 is 1.43 bits per heavy atom. The molecule has 0 atom stereocenters. The number of thiocarbonyl (C=S) groups is 1. The molecule has 3 rings (SSSR count). The van der Waals surface area contributed by atoms with Crippen LogP contribution in [0.3, 0.4) is 0 Å². The van der Waals surface area contributed by atoms with Gasteiger partial charge in [-0.3, -0.25) is 14.5 Å². The highest BCUT2D eigenvalue weighted by molar-refractivity contribution is 8.26. The second-order valence-electron chi connectivity index (χ2n) is 5.45. The van der Waals surface area contributed by atoms with Crippen molar-refractivity contribution >= 4 is 46.3 Å². The first-order valence-corrected chi connectivity index (χ1v) is 8.46. The quantitative estimate of drug-likeness (QED) is 0.629. The third kappa shape index (κ3) is 3.92. The van der Waals surface area contributed by atoms with E-state index in [2.05, 4.69) is 0 Å². The molecule has 7 heteroatoms. The number of benzene rings is 1. The summed E-state index contributed by atoms with van der Waals surface area (Å²) < 4.78 is 6.08. The Bertz CT molecular complexity index is 697. The molecule has 0 bridgehead atoms. The van der Waals surface area contributed by atoms with E-state index in [1.54, 1.807) is 6.08 Å². The number of hydrogen-bond acceptors (Lipinski definition) is 5. The lowest BCUT2D eigenvalue weighted by molar-refractivity contribution is -0.140. The second kappa shape index (κ2) is 6.72. The summed E-state index contributed by atoms with van der Waals surface area (Å²) in [6.07, 6.45) is 4.12. The molecule has 1 saturated carbocycles. The number of aliphatic carboxylic acids is 1. The lowest BCUT2D eigenvalue weighted by Gasteiger charge is -2.10. The monoisotopic (exact) mass is 349 g/mol. The van der Waals surface area contributed by atoms with E-state index in [1.807, 2.05) is 24.3 Å². The standard InChI is InChI=1S/C16H15NO4S2/c18-14(19)8-17-15(20)13(23-16(17)22)7-11-3-1-2-4-12(11)21-9-10-5-6-10/h1-4,7,10H,5-6,8-9H2,(H,18,19)/b13-7+. The van der Waals surface area contributed by atoms with Gasteiger partial charge in [0.05, 0.1) is 11.5 Å². The van der Waals surface area contributed by atoms with E-state index in [4.69, 9.17) is 22.1 Å². The van der Waals surface area contributed by atoms with E-state index >= 15 is 0 Å². The van der Waals surface area contributed by atoms with Crippen molar-refractivity contribution < 1.29 is 19.4 Å². The summed E-state index contributed by atoms with van der Waals surface area (Å²) in [6, 6.07) is 7.49. The lowest BCUT2D eigenvalue weighted by Crippen LogP contribution is -2.33. The van der Waals surface area contributed by atoms with E-state index < -0.39 is 12.5 Å². The maximum Gasteiger partial charge on any atom is 0.323 e. The van der Waals surface area contributed by atoms with E-state index in [1.165, 1.54) is 12.8 Å². The van der Waals surface area contributed by atoms with Gasteiger partial charge in [-0.05, 0) is 30.9 Å². The van der Waals surface area contributed by atoms with Crippen LogP contribution in [-0.4, -0.2) is 39.4 Å². The first kappa shape index (κ1) is 16.0. The van der Waals surface area contributed by atoms with Crippen molar-refractivity contribution in [2.75, 3.05) is 13.2 Å². The largest absolute Gasteiger partial charge is 0.493 e.